The third kappa shape index (κ3) is 6.08. The van der Waals surface area contributed by atoms with Crippen molar-refractivity contribution < 1.29 is 19.3 Å². The lowest BCUT2D eigenvalue weighted by molar-refractivity contribution is -0.644. The van der Waals surface area contributed by atoms with Gasteiger partial charge in [-0.3, -0.25) is 4.79 Å². The first-order valence-corrected chi connectivity index (χ1v) is 13.4. The molecule has 36 heavy (non-hydrogen) atoms. The zero-order chi connectivity index (χ0) is 25.5. The Morgan fingerprint density at radius 3 is 2.67 bits per heavy atom. The summed E-state index contributed by atoms with van der Waals surface area (Å²) in [6, 6.07) is 18.0. The van der Waals surface area contributed by atoms with Gasteiger partial charge in [0.2, 0.25) is 11.4 Å². The normalized spacial score (nSPS) is 14.7. The maximum absolute atomic E-state index is 12.5. The largest absolute Gasteiger partial charge is 0.480 e. The minimum absolute atomic E-state index is 0.203. The molecule has 0 aliphatic carbocycles. The van der Waals surface area contributed by atoms with Crippen LogP contribution in [0.4, 0.5) is 5.69 Å². The van der Waals surface area contributed by atoms with E-state index in [1.807, 2.05) is 12.1 Å². The number of aromatic nitrogens is 1. The second-order valence-electron chi connectivity index (χ2n) is 9.16. The number of nitrogens with one attached hydrogen (secondary N) is 1. The summed E-state index contributed by atoms with van der Waals surface area (Å²) in [5.41, 5.74) is 3.46. The van der Waals surface area contributed by atoms with Crippen molar-refractivity contribution in [2.24, 2.45) is 7.05 Å². The molecule has 6 nitrogen and oxygen atoms in total. The van der Waals surface area contributed by atoms with Gasteiger partial charge in [0.05, 0.1) is 16.1 Å². The maximum atomic E-state index is 12.5. The van der Waals surface area contributed by atoms with E-state index in [0.717, 1.165) is 35.5 Å². The summed E-state index contributed by atoms with van der Waals surface area (Å²) in [5, 5.41) is 14.5. The number of anilines is 1. The standard InChI is InChI=1S/C29H33N3O3S/c1-3-4-5-12-23(29(34)35)30-27(33)16-10-18-32-25-14-8-9-15-26(25)36-28(32)20-21-17-19-31(2)24-13-7-6-11-22(21)24/h6-9,11,13-15,17,19-20,23H,3-5,10,12,16,18H2,1-2H3,(H-,30,33,34,35)/p+1. The lowest BCUT2D eigenvalue weighted by Crippen LogP contribution is -2.40. The van der Waals surface area contributed by atoms with Crippen LogP contribution in [0.25, 0.3) is 17.0 Å². The van der Waals surface area contributed by atoms with Gasteiger partial charge in [-0.2, -0.15) is 0 Å². The molecule has 188 valence electrons. The van der Waals surface area contributed by atoms with Crippen molar-refractivity contribution in [3.63, 3.8) is 0 Å². The molecule has 1 aliphatic rings. The number of rotatable bonds is 11. The molecule has 0 bridgehead atoms. The van der Waals surface area contributed by atoms with Gasteiger partial charge >= 0.3 is 5.97 Å². The topological polar surface area (TPSA) is 73.5 Å². The summed E-state index contributed by atoms with van der Waals surface area (Å²) in [6.07, 6.45) is 8.48. The highest BCUT2D eigenvalue weighted by Gasteiger charge is 2.25. The number of para-hydroxylation sites is 2. The van der Waals surface area contributed by atoms with Crippen LogP contribution in [0.15, 0.2) is 70.7 Å². The molecule has 1 atom stereocenters. The highest BCUT2D eigenvalue weighted by molar-refractivity contribution is 8.03. The lowest BCUT2D eigenvalue weighted by atomic mass is 10.1. The molecule has 2 N–H and O–H groups in total. The first-order valence-electron chi connectivity index (χ1n) is 12.6. The Hall–Kier alpha value is -3.32. The third-order valence-corrected chi connectivity index (χ3v) is 7.62. The molecule has 1 amide bonds. The highest BCUT2D eigenvalue weighted by atomic mass is 32.2. The van der Waals surface area contributed by atoms with E-state index >= 15 is 0 Å². The van der Waals surface area contributed by atoms with Crippen molar-refractivity contribution in [2.75, 3.05) is 11.4 Å². The number of carbonyl (C=O) groups excluding carboxylic acids is 1. The number of aliphatic carboxylic acids is 1. The molecular weight excluding hydrogens is 470 g/mol. The van der Waals surface area contributed by atoms with Gasteiger partial charge in [0, 0.05) is 30.0 Å². The van der Waals surface area contributed by atoms with Crippen LogP contribution in [0.5, 0.6) is 0 Å². The summed E-state index contributed by atoms with van der Waals surface area (Å²) in [5.74, 6) is -1.16. The fourth-order valence-corrected chi connectivity index (χ4v) is 5.70. The summed E-state index contributed by atoms with van der Waals surface area (Å²) < 4.78 is 2.12. The molecule has 0 saturated carbocycles. The van der Waals surface area contributed by atoms with Gasteiger partial charge in [0.1, 0.15) is 13.1 Å². The van der Waals surface area contributed by atoms with E-state index in [0.29, 0.717) is 19.4 Å². The van der Waals surface area contributed by atoms with E-state index in [4.69, 9.17) is 0 Å². The Kier molecular flexibility index (Phi) is 8.65. The average molecular weight is 505 g/mol. The Balaban J connectivity index is 1.47. The summed E-state index contributed by atoms with van der Waals surface area (Å²) in [4.78, 5) is 27.6. The predicted octanol–water partition coefficient (Wildman–Crippen LogP) is 5.50. The van der Waals surface area contributed by atoms with E-state index < -0.39 is 12.0 Å². The average Bonchev–Trinajstić information content (AvgIpc) is 3.22. The number of hydrogen-bond donors (Lipinski definition) is 2. The molecule has 1 aromatic heterocycles. The second-order valence-corrected chi connectivity index (χ2v) is 10.2. The first-order chi connectivity index (χ1) is 17.5. The van der Waals surface area contributed by atoms with Gasteiger partial charge < -0.3 is 15.3 Å². The molecule has 0 radical (unpaired) electrons. The van der Waals surface area contributed by atoms with Crippen molar-refractivity contribution in [2.45, 2.75) is 56.4 Å². The van der Waals surface area contributed by atoms with Crippen LogP contribution in [-0.4, -0.2) is 29.6 Å². The van der Waals surface area contributed by atoms with Crippen LogP contribution in [-0.2, 0) is 16.6 Å². The van der Waals surface area contributed by atoms with Crippen LogP contribution < -0.4 is 14.8 Å². The minimum atomic E-state index is -0.960. The van der Waals surface area contributed by atoms with Gasteiger partial charge in [0.15, 0.2) is 6.20 Å². The molecule has 2 heterocycles. The number of carboxylic acid groups (broad SMARTS) is 1. The van der Waals surface area contributed by atoms with Gasteiger partial charge in [0.25, 0.3) is 0 Å². The Bertz CT molecular complexity index is 1270. The molecular formula is C29H34N3O3S+. The molecule has 1 aliphatic heterocycles. The summed E-state index contributed by atoms with van der Waals surface area (Å²) in [7, 11) is 2.05. The second kappa shape index (κ2) is 12.1. The van der Waals surface area contributed by atoms with E-state index in [9.17, 15) is 14.7 Å². The van der Waals surface area contributed by atoms with Gasteiger partial charge in [-0.15, -0.1) is 0 Å². The maximum Gasteiger partial charge on any atom is 0.326 e. The zero-order valence-electron chi connectivity index (χ0n) is 20.9. The number of amides is 1. The molecule has 7 heteroatoms. The number of unbranched alkanes of at least 4 members (excludes halogenated alkanes) is 2. The number of carboxylic acids is 1. The van der Waals surface area contributed by atoms with Crippen molar-refractivity contribution in [3.8, 4) is 0 Å². The smallest absolute Gasteiger partial charge is 0.326 e. The number of fused-ring (bicyclic) bond motifs is 2. The number of aryl methyl sites for hydroxylation is 1. The van der Waals surface area contributed by atoms with Crippen LogP contribution in [0.3, 0.4) is 0 Å². The highest BCUT2D eigenvalue weighted by Crippen LogP contribution is 2.46. The van der Waals surface area contributed by atoms with Crippen molar-refractivity contribution in [3.05, 3.63) is 71.4 Å². The van der Waals surface area contributed by atoms with E-state index in [2.05, 4.69) is 83.5 Å². The molecule has 0 fully saturated rings. The van der Waals surface area contributed by atoms with E-state index in [1.54, 1.807) is 11.8 Å². The fourth-order valence-electron chi connectivity index (χ4n) is 4.56. The van der Waals surface area contributed by atoms with Gasteiger partial charge in [-0.25, -0.2) is 9.36 Å². The van der Waals surface area contributed by atoms with Crippen LogP contribution in [0.2, 0.25) is 0 Å². The predicted molar refractivity (Wildman–Crippen MR) is 146 cm³/mol. The monoisotopic (exact) mass is 504 g/mol. The van der Waals surface area contributed by atoms with Crippen molar-refractivity contribution >= 4 is 46.3 Å². The number of hydrogen-bond acceptors (Lipinski definition) is 4. The van der Waals surface area contributed by atoms with Crippen LogP contribution in [0, 0.1) is 0 Å². The Morgan fingerprint density at radius 2 is 1.86 bits per heavy atom. The Morgan fingerprint density at radius 1 is 1.08 bits per heavy atom. The number of benzene rings is 2. The molecule has 3 aromatic rings. The molecule has 0 spiro atoms. The molecule has 4 rings (SSSR count). The van der Waals surface area contributed by atoms with Crippen LogP contribution >= 0.6 is 11.8 Å². The number of nitrogens with zero attached hydrogens (tertiary/aromatic N) is 2. The van der Waals surface area contributed by atoms with Crippen LogP contribution in [0.1, 0.15) is 51.0 Å². The minimum Gasteiger partial charge on any atom is -0.480 e. The zero-order valence-corrected chi connectivity index (χ0v) is 21.8. The van der Waals surface area contributed by atoms with Crippen molar-refractivity contribution in [1.29, 1.82) is 0 Å². The van der Waals surface area contributed by atoms with E-state index in [1.165, 1.54) is 15.8 Å². The molecule has 0 saturated heterocycles. The summed E-state index contributed by atoms with van der Waals surface area (Å²) >= 11 is 1.74. The molecule has 1 unspecified atom stereocenters. The van der Waals surface area contributed by atoms with E-state index in [-0.39, 0.29) is 12.3 Å². The number of thioether (sulfide) groups is 1. The van der Waals surface area contributed by atoms with Gasteiger partial charge in [-0.05, 0) is 42.7 Å². The SMILES string of the molecule is CCCCCC(NC(=O)CCCN1C(=Cc2cc[n+](C)c3ccccc23)Sc2ccccc21)C(=O)O. The molecule has 2 aromatic carbocycles. The number of pyridine rings is 1. The Labute approximate surface area is 217 Å². The fraction of sp³-hybridized carbons (Fsp3) is 0.345. The number of carbonyl (C=O) groups is 2. The summed E-state index contributed by atoms with van der Waals surface area (Å²) in [6.45, 7) is 2.75. The van der Waals surface area contributed by atoms with Crippen molar-refractivity contribution in [1.82, 2.24) is 5.32 Å². The van der Waals surface area contributed by atoms with Gasteiger partial charge in [-0.1, -0.05) is 62.2 Å². The third-order valence-electron chi connectivity index (χ3n) is 6.50. The first kappa shape index (κ1) is 25.8. The quantitative estimate of drug-likeness (QED) is 0.266. The lowest BCUT2D eigenvalue weighted by Gasteiger charge is -2.21.